The number of methoxy groups -OCH3 is 1. The second kappa shape index (κ2) is 9.01. The summed E-state index contributed by atoms with van der Waals surface area (Å²) in [7, 11) is 1.64. The molecule has 0 saturated carbocycles. The van der Waals surface area contributed by atoms with Crippen molar-refractivity contribution in [2.45, 2.75) is 26.8 Å². The molecule has 150 valence electrons. The minimum absolute atomic E-state index is 0.125. The molecule has 28 heavy (non-hydrogen) atoms. The Kier molecular flexibility index (Phi) is 6.46. The number of hydrogen-bond acceptors (Lipinski definition) is 6. The van der Waals surface area contributed by atoms with Crippen molar-refractivity contribution in [1.82, 2.24) is 20.2 Å². The number of hydrogen-bond donors (Lipinski definition) is 1. The molecule has 1 aromatic heterocycles. The van der Waals surface area contributed by atoms with Crippen LogP contribution in [0.25, 0.3) is 0 Å². The van der Waals surface area contributed by atoms with E-state index in [1.165, 1.54) is 0 Å². The first-order chi connectivity index (χ1) is 13.5. The summed E-state index contributed by atoms with van der Waals surface area (Å²) in [5, 5.41) is 3.02. The Bertz CT molecular complexity index is 801. The molecule has 1 aliphatic rings. The highest BCUT2D eigenvalue weighted by Gasteiger charge is 2.20. The molecule has 1 amide bonds. The highest BCUT2D eigenvalue weighted by molar-refractivity contribution is 5.95. The highest BCUT2D eigenvalue weighted by Crippen LogP contribution is 2.19. The average molecular weight is 383 g/mol. The number of aromatic nitrogens is 2. The van der Waals surface area contributed by atoms with Crippen LogP contribution in [0.15, 0.2) is 30.5 Å². The SMILES string of the molecule is CCN1CCN(c2ncc(C(=O)NC(C)c3ccc(OC)cc3)c(C)n2)CC1. The summed E-state index contributed by atoms with van der Waals surface area (Å²) in [6.45, 7) is 10.9. The van der Waals surface area contributed by atoms with Crippen LogP contribution in [0.2, 0.25) is 0 Å². The van der Waals surface area contributed by atoms with Gasteiger partial charge in [0.1, 0.15) is 5.75 Å². The van der Waals surface area contributed by atoms with Crippen molar-refractivity contribution in [3.63, 3.8) is 0 Å². The van der Waals surface area contributed by atoms with Crippen molar-refractivity contribution in [3.8, 4) is 5.75 Å². The number of likely N-dealkylation sites (N-methyl/N-ethyl adjacent to an activating group) is 1. The number of carbonyl (C=O) groups excluding carboxylic acids is 1. The second-order valence-corrected chi connectivity index (χ2v) is 7.06. The largest absolute Gasteiger partial charge is 0.497 e. The predicted octanol–water partition coefficient (Wildman–Crippen LogP) is 2.43. The van der Waals surface area contributed by atoms with E-state index < -0.39 is 0 Å². The van der Waals surface area contributed by atoms with Crippen molar-refractivity contribution >= 4 is 11.9 Å². The maximum absolute atomic E-state index is 12.7. The number of nitrogens with zero attached hydrogens (tertiary/aromatic N) is 4. The molecule has 2 heterocycles. The van der Waals surface area contributed by atoms with Crippen molar-refractivity contribution < 1.29 is 9.53 Å². The van der Waals surface area contributed by atoms with Gasteiger partial charge in [0.15, 0.2) is 0 Å². The molecule has 1 saturated heterocycles. The lowest BCUT2D eigenvalue weighted by Crippen LogP contribution is -2.46. The Hall–Kier alpha value is -2.67. The van der Waals surface area contributed by atoms with E-state index in [1.54, 1.807) is 13.3 Å². The molecule has 1 atom stereocenters. The van der Waals surface area contributed by atoms with Crippen LogP contribution in [0.4, 0.5) is 5.95 Å². The quantitative estimate of drug-likeness (QED) is 0.826. The molecule has 1 fully saturated rings. The van der Waals surface area contributed by atoms with Gasteiger partial charge in [-0.3, -0.25) is 4.79 Å². The zero-order valence-corrected chi connectivity index (χ0v) is 17.1. The van der Waals surface area contributed by atoms with E-state index >= 15 is 0 Å². The molecular formula is C21H29N5O2. The Morgan fingerprint density at radius 2 is 1.89 bits per heavy atom. The predicted molar refractivity (Wildman–Crippen MR) is 110 cm³/mol. The van der Waals surface area contributed by atoms with Gasteiger partial charge >= 0.3 is 0 Å². The van der Waals surface area contributed by atoms with E-state index in [4.69, 9.17) is 4.74 Å². The molecule has 1 aromatic carbocycles. The van der Waals surface area contributed by atoms with Gasteiger partial charge in [-0.05, 0) is 38.1 Å². The molecule has 0 radical (unpaired) electrons. The van der Waals surface area contributed by atoms with Gasteiger partial charge in [-0.2, -0.15) is 0 Å². The summed E-state index contributed by atoms with van der Waals surface area (Å²) in [6, 6.07) is 7.55. The van der Waals surface area contributed by atoms with Crippen LogP contribution < -0.4 is 15.0 Å². The van der Waals surface area contributed by atoms with Gasteiger partial charge in [0, 0.05) is 32.4 Å². The number of benzene rings is 1. The van der Waals surface area contributed by atoms with Crippen molar-refractivity contribution in [2.75, 3.05) is 44.7 Å². The van der Waals surface area contributed by atoms with Crippen molar-refractivity contribution in [2.24, 2.45) is 0 Å². The molecule has 1 N–H and O–H groups in total. The number of anilines is 1. The number of carbonyl (C=O) groups is 1. The summed E-state index contributed by atoms with van der Waals surface area (Å²) in [5.41, 5.74) is 2.22. The van der Waals surface area contributed by atoms with Crippen LogP contribution in [0, 0.1) is 6.92 Å². The third kappa shape index (κ3) is 4.59. The van der Waals surface area contributed by atoms with E-state index in [1.807, 2.05) is 38.1 Å². The number of amides is 1. The van der Waals surface area contributed by atoms with Crippen LogP contribution in [-0.2, 0) is 0 Å². The smallest absolute Gasteiger partial charge is 0.255 e. The molecule has 0 spiro atoms. The Labute approximate surface area is 166 Å². The second-order valence-electron chi connectivity index (χ2n) is 7.06. The van der Waals surface area contributed by atoms with Crippen LogP contribution >= 0.6 is 0 Å². The van der Waals surface area contributed by atoms with E-state index in [9.17, 15) is 4.79 Å². The first kappa shape index (κ1) is 20.1. The molecule has 1 unspecified atom stereocenters. The number of aryl methyl sites for hydroxylation is 1. The molecule has 7 heteroatoms. The lowest BCUT2D eigenvalue weighted by atomic mass is 10.1. The average Bonchev–Trinajstić information content (AvgIpc) is 2.73. The van der Waals surface area contributed by atoms with Gasteiger partial charge < -0.3 is 19.9 Å². The molecule has 0 aliphatic carbocycles. The van der Waals surface area contributed by atoms with E-state index in [0.29, 0.717) is 17.2 Å². The van der Waals surface area contributed by atoms with Gasteiger partial charge in [0.25, 0.3) is 5.91 Å². The molecular weight excluding hydrogens is 354 g/mol. The number of nitrogens with one attached hydrogen (secondary N) is 1. The van der Waals surface area contributed by atoms with Gasteiger partial charge in [-0.1, -0.05) is 19.1 Å². The molecule has 7 nitrogen and oxygen atoms in total. The lowest BCUT2D eigenvalue weighted by Gasteiger charge is -2.34. The molecule has 3 rings (SSSR count). The number of ether oxygens (including phenoxy) is 1. The summed E-state index contributed by atoms with van der Waals surface area (Å²) in [4.78, 5) is 26.3. The van der Waals surface area contributed by atoms with Gasteiger partial charge in [0.2, 0.25) is 5.95 Å². The summed E-state index contributed by atoms with van der Waals surface area (Å²) in [5.74, 6) is 1.33. The number of piperazine rings is 1. The molecule has 0 bridgehead atoms. The minimum Gasteiger partial charge on any atom is -0.497 e. The van der Waals surface area contributed by atoms with Gasteiger partial charge in [-0.25, -0.2) is 9.97 Å². The molecule has 1 aliphatic heterocycles. The normalized spacial score (nSPS) is 15.9. The van der Waals surface area contributed by atoms with Crippen LogP contribution in [-0.4, -0.2) is 60.6 Å². The highest BCUT2D eigenvalue weighted by atomic mass is 16.5. The zero-order valence-electron chi connectivity index (χ0n) is 17.1. The maximum atomic E-state index is 12.7. The zero-order chi connectivity index (χ0) is 20.1. The topological polar surface area (TPSA) is 70.6 Å². The van der Waals surface area contributed by atoms with Crippen LogP contribution in [0.5, 0.6) is 5.75 Å². The fourth-order valence-electron chi connectivity index (χ4n) is 3.34. The van der Waals surface area contributed by atoms with E-state index in [0.717, 1.165) is 44.0 Å². The Morgan fingerprint density at radius 3 is 2.46 bits per heavy atom. The van der Waals surface area contributed by atoms with Crippen LogP contribution in [0.3, 0.4) is 0 Å². The van der Waals surface area contributed by atoms with Crippen molar-refractivity contribution in [1.29, 1.82) is 0 Å². The third-order valence-corrected chi connectivity index (χ3v) is 5.28. The summed E-state index contributed by atoms with van der Waals surface area (Å²) in [6.07, 6.45) is 1.64. The number of rotatable bonds is 6. The monoisotopic (exact) mass is 383 g/mol. The fourth-order valence-corrected chi connectivity index (χ4v) is 3.34. The third-order valence-electron chi connectivity index (χ3n) is 5.28. The summed E-state index contributed by atoms with van der Waals surface area (Å²) >= 11 is 0. The van der Waals surface area contributed by atoms with Crippen molar-refractivity contribution in [3.05, 3.63) is 47.3 Å². The van der Waals surface area contributed by atoms with E-state index in [-0.39, 0.29) is 11.9 Å². The van der Waals surface area contributed by atoms with Gasteiger partial charge in [0.05, 0.1) is 24.4 Å². The van der Waals surface area contributed by atoms with Crippen LogP contribution in [0.1, 0.15) is 41.5 Å². The van der Waals surface area contributed by atoms with E-state index in [2.05, 4.69) is 32.0 Å². The molecule has 2 aromatic rings. The first-order valence-corrected chi connectivity index (χ1v) is 9.77. The Balaban J connectivity index is 1.65. The van der Waals surface area contributed by atoms with Gasteiger partial charge in [-0.15, -0.1) is 0 Å². The minimum atomic E-state index is -0.164. The fraction of sp³-hybridized carbons (Fsp3) is 0.476. The summed E-state index contributed by atoms with van der Waals surface area (Å²) < 4.78 is 5.18. The first-order valence-electron chi connectivity index (χ1n) is 9.77. The lowest BCUT2D eigenvalue weighted by molar-refractivity contribution is 0.0938. The maximum Gasteiger partial charge on any atom is 0.255 e. The Morgan fingerprint density at radius 1 is 1.21 bits per heavy atom. The standard InChI is InChI=1S/C21H29N5O2/c1-5-25-10-12-26(13-11-25)21-22-14-19(16(3)24-21)20(27)23-15(2)17-6-8-18(28-4)9-7-17/h6-9,14-15H,5,10-13H2,1-4H3,(H,23,27).